The number of halogens is 3. The fourth-order valence-corrected chi connectivity index (χ4v) is 0. The zero-order chi connectivity index (χ0) is 2.00. The molecule has 0 N–H and O–H groups in total. The molecule has 0 bridgehead atoms. The minimum Gasteiger partial charge on any atom is -1.00 e. The zero-order valence-corrected chi connectivity index (χ0v) is 11.5. The van der Waals surface area contributed by atoms with Gasteiger partial charge in [-0.3, -0.25) is 0 Å². The largest absolute Gasteiger partial charge is 2.00 e. The van der Waals surface area contributed by atoms with E-state index < -0.39 is 0 Å². The molecule has 0 aromatic heterocycles. The Kier molecular flexibility index (Phi) is 478. The summed E-state index contributed by atoms with van der Waals surface area (Å²) in [5.41, 5.74) is 0. The predicted molar refractivity (Wildman–Crippen MR) is 11.3 cm³/mol. The minimum atomic E-state index is 0. The van der Waals surface area contributed by atoms with Gasteiger partial charge in [-0.25, -0.2) is 0 Å². The molecule has 0 aromatic carbocycles. The average Bonchev–Trinajstić information content (AvgIpc) is 1.00. The van der Waals surface area contributed by atoms with E-state index in [9.17, 15) is 0 Å². The molecule has 0 saturated heterocycles. The van der Waals surface area contributed by atoms with Crippen LogP contribution >= 0.6 is 0 Å². The molecule has 0 fully saturated rings. The monoisotopic (exact) mass is 367 g/mol. The topological polar surface area (TPSA) is 0 Å². The van der Waals surface area contributed by atoms with E-state index >= 15 is 0 Å². The molecule has 7 heavy (non-hydrogen) atoms. The van der Waals surface area contributed by atoms with Crippen molar-refractivity contribution in [1.82, 2.24) is 0 Å². The summed E-state index contributed by atoms with van der Waals surface area (Å²) in [6.07, 6.45) is 0. The van der Waals surface area contributed by atoms with Gasteiger partial charge >= 0.3 is 72.4 Å². The third-order valence-electron chi connectivity index (χ3n) is 0. The predicted octanol–water partition coefficient (Wildman–Crippen LogP) is -11.2. The standard InChI is InChI=1S/C2H4.3ClH.K.Pt/c1-2;;;;;/h1-2H2;3*1H;;/q;;;;+1;+2/p-3. The smallest absolute Gasteiger partial charge is 1.00 e. The van der Waals surface area contributed by atoms with Crippen molar-refractivity contribution in [2.75, 3.05) is 0 Å². The fraction of sp³-hybridized carbons (Fsp3) is 0. The first-order valence-corrected chi connectivity index (χ1v) is 0.500. The van der Waals surface area contributed by atoms with Crippen LogP contribution in [0.1, 0.15) is 0 Å². The molecule has 0 rings (SSSR count). The van der Waals surface area contributed by atoms with Gasteiger partial charge in [0, 0.05) is 0 Å². The quantitative estimate of drug-likeness (QED) is 0.294. The first kappa shape index (κ1) is 51.2. The van der Waals surface area contributed by atoms with Crippen LogP contribution in [-0.2, 0) is 21.1 Å². The Morgan fingerprint density at radius 2 is 0.714 bits per heavy atom. The van der Waals surface area contributed by atoms with Crippen molar-refractivity contribution < 1.29 is 110 Å². The summed E-state index contributed by atoms with van der Waals surface area (Å²) in [4.78, 5) is 0. The van der Waals surface area contributed by atoms with E-state index in [2.05, 4.69) is 13.2 Å². The van der Waals surface area contributed by atoms with Crippen LogP contribution < -0.4 is 88.6 Å². The molecule has 0 spiro atoms. The number of hydrogen-bond acceptors (Lipinski definition) is 0. The van der Waals surface area contributed by atoms with Crippen molar-refractivity contribution in [2.45, 2.75) is 0 Å². The van der Waals surface area contributed by atoms with Crippen LogP contribution in [0.25, 0.3) is 0 Å². The maximum absolute atomic E-state index is 3.00. The van der Waals surface area contributed by atoms with E-state index in [1.807, 2.05) is 0 Å². The van der Waals surface area contributed by atoms with Crippen LogP contribution in [0.4, 0.5) is 0 Å². The molecule has 0 saturated carbocycles. The third-order valence-corrected chi connectivity index (χ3v) is 0. The van der Waals surface area contributed by atoms with Crippen LogP contribution in [-0.4, -0.2) is 0 Å². The molecule has 0 amide bonds. The second kappa shape index (κ2) is 65.3. The van der Waals surface area contributed by atoms with Gasteiger partial charge in [-0.05, 0) is 0 Å². The molecule has 0 aliphatic rings. The molecule has 0 radical (unpaired) electrons. The summed E-state index contributed by atoms with van der Waals surface area (Å²) < 4.78 is 0. The summed E-state index contributed by atoms with van der Waals surface area (Å²) in [6.45, 7) is 6.00. The second-order valence-electron chi connectivity index (χ2n) is 0. The fourth-order valence-electron chi connectivity index (χ4n) is 0. The molecular formula is C2H4Cl3KPt. The van der Waals surface area contributed by atoms with Crippen LogP contribution in [0.15, 0.2) is 13.2 Å². The van der Waals surface area contributed by atoms with Crippen molar-refractivity contribution in [1.29, 1.82) is 0 Å². The Bertz CT molecular complexity index is 12.9. The van der Waals surface area contributed by atoms with E-state index in [1.54, 1.807) is 0 Å². The maximum Gasteiger partial charge on any atom is 2.00 e. The van der Waals surface area contributed by atoms with Gasteiger partial charge in [0.05, 0.1) is 0 Å². The van der Waals surface area contributed by atoms with Gasteiger partial charge in [-0.15, -0.1) is 13.2 Å². The van der Waals surface area contributed by atoms with Crippen LogP contribution in [0.5, 0.6) is 0 Å². The summed E-state index contributed by atoms with van der Waals surface area (Å²) in [5.74, 6) is 0. The minimum absolute atomic E-state index is 0. The first-order chi connectivity index (χ1) is 1.00. The van der Waals surface area contributed by atoms with Crippen molar-refractivity contribution in [3.05, 3.63) is 13.2 Å². The molecular weight excluding hydrogens is 365 g/mol. The first-order valence-electron chi connectivity index (χ1n) is 0.500. The number of rotatable bonds is 0. The van der Waals surface area contributed by atoms with Gasteiger partial charge in [0.25, 0.3) is 0 Å². The molecule has 0 aliphatic heterocycles. The Balaban J connectivity index is -0.000000000500. The van der Waals surface area contributed by atoms with Crippen molar-refractivity contribution in [3.63, 3.8) is 0 Å². The van der Waals surface area contributed by atoms with E-state index in [-0.39, 0.29) is 110 Å². The summed E-state index contributed by atoms with van der Waals surface area (Å²) in [5, 5.41) is 0. The van der Waals surface area contributed by atoms with Crippen LogP contribution in [0.3, 0.4) is 0 Å². The Labute approximate surface area is 120 Å². The average molecular weight is 369 g/mol. The SMILES string of the molecule is C=C.[Cl-].[Cl-].[Cl-].[K+].[Pt+2]. The summed E-state index contributed by atoms with van der Waals surface area (Å²) in [7, 11) is 0. The van der Waals surface area contributed by atoms with Crippen molar-refractivity contribution in [2.24, 2.45) is 0 Å². The summed E-state index contributed by atoms with van der Waals surface area (Å²) in [6, 6.07) is 0. The van der Waals surface area contributed by atoms with E-state index in [0.29, 0.717) is 0 Å². The van der Waals surface area contributed by atoms with E-state index in [4.69, 9.17) is 0 Å². The summed E-state index contributed by atoms with van der Waals surface area (Å²) >= 11 is 0. The Morgan fingerprint density at radius 3 is 0.714 bits per heavy atom. The van der Waals surface area contributed by atoms with Gasteiger partial charge in [-0.2, -0.15) is 0 Å². The molecule has 0 nitrogen and oxygen atoms in total. The molecule has 44 valence electrons. The van der Waals surface area contributed by atoms with Crippen LogP contribution in [0, 0.1) is 0 Å². The molecule has 0 aromatic rings. The van der Waals surface area contributed by atoms with Crippen molar-refractivity contribution >= 4 is 0 Å². The number of hydrogen-bond donors (Lipinski definition) is 0. The molecule has 0 unspecified atom stereocenters. The third kappa shape index (κ3) is 49.9. The Morgan fingerprint density at radius 1 is 0.714 bits per heavy atom. The van der Waals surface area contributed by atoms with Gasteiger partial charge in [-0.1, -0.05) is 0 Å². The maximum atomic E-state index is 3.00. The molecule has 0 atom stereocenters. The van der Waals surface area contributed by atoms with Gasteiger partial charge in [0.2, 0.25) is 0 Å². The molecule has 0 aliphatic carbocycles. The zero-order valence-electron chi connectivity index (χ0n) is 3.86. The Hall–Kier alpha value is 2.93. The normalized spacial score (nSPS) is 0.571. The van der Waals surface area contributed by atoms with Gasteiger partial charge in [0.15, 0.2) is 0 Å². The molecule has 0 heterocycles. The second-order valence-corrected chi connectivity index (χ2v) is 0. The van der Waals surface area contributed by atoms with Crippen LogP contribution in [0.2, 0.25) is 0 Å². The molecule has 5 heteroatoms. The van der Waals surface area contributed by atoms with E-state index in [0.717, 1.165) is 0 Å². The van der Waals surface area contributed by atoms with Gasteiger partial charge in [0.1, 0.15) is 0 Å². The van der Waals surface area contributed by atoms with E-state index in [1.165, 1.54) is 0 Å². The van der Waals surface area contributed by atoms with Gasteiger partial charge < -0.3 is 37.2 Å². The van der Waals surface area contributed by atoms with Crippen molar-refractivity contribution in [3.8, 4) is 0 Å².